The molecule has 1 aliphatic carbocycles. The van der Waals surface area contributed by atoms with Crippen LogP contribution in [0.4, 0.5) is 4.79 Å². The molecule has 0 amide bonds. The summed E-state index contributed by atoms with van der Waals surface area (Å²) < 4.78 is 9.94. The third-order valence-electron chi connectivity index (χ3n) is 6.12. The van der Waals surface area contributed by atoms with Gasteiger partial charge in [-0.3, -0.25) is 0 Å². The fourth-order valence-corrected chi connectivity index (χ4v) is 4.86. The van der Waals surface area contributed by atoms with E-state index >= 15 is 0 Å². The summed E-state index contributed by atoms with van der Waals surface area (Å²) in [5.41, 5.74) is 5.91. The molecule has 0 saturated carbocycles. The number of aryl methyl sites for hydroxylation is 1. The third kappa shape index (κ3) is 3.11. The summed E-state index contributed by atoms with van der Waals surface area (Å²) in [6, 6.07) is 25.5. The minimum atomic E-state index is -0.703. The second kappa shape index (κ2) is 7.07. The van der Waals surface area contributed by atoms with Crippen LogP contribution in [0.25, 0.3) is 0 Å². The molecule has 1 aliphatic rings. The van der Waals surface area contributed by atoms with Crippen LogP contribution < -0.4 is 4.74 Å². The standard InChI is InChI=1S/C26H26O3/c1-18-16-20(14-15-23(18)29-24(27)28-4)26(19-10-6-5-7-11-19)17-25(2,3)21-12-8-9-13-22(21)26/h5-16H,17H2,1-4H3. The van der Waals surface area contributed by atoms with E-state index in [2.05, 4.69) is 85.3 Å². The van der Waals surface area contributed by atoms with Gasteiger partial charge in [0.15, 0.2) is 0 Å². The molecule has 3 aromatic carbocycles. The molecule has 0 N–H and O–H groups in total. The molecule has 0 bridgehead atoms. The van der Waals surface area contributed by atoms with Gasteiger partial charge < -0.3 is 9.47 Å². The number of rotatable bonds is 3. The molecule has 1 atom stereocenters. The van der Waals surface area contributed by atoms with Gasteiger partial charge in [-0.1, -0.05) is 80.6 Å². The third-order valence-corrected chi connectivity index (χ3v) is 6.12. The zero-order valence-electron chi connectivity index (χ0n) is 17.4. The van der Waals surface area contributed by atoms with Crippen LogP contribution in [0.3, 0.4) is 0 Å². The van der Waals surface area contributed by atoms with Crippen molar-refractivity contribution in [3.63, 3.8) is 0 Å². The quantitative estimate of drug-likeness (QED) is 0.400. The summed E-state index contributed by atoms with van der Waals surface area (Å²) in [6.07, 6.45) is 0.269. The maximum atomic E-state index is 11.6. The summed E-state index contributed by atoms with van der Waals surface area (Å²) in [4.78, 5) is 11.6. The van der Waals surface area contributed by atoms with Crippen molar-refractivity contribution < 1.29 is 14.3 Å². The minimum absolute atomic E-state index is 0.0432. The highest BCUT2D eigenvalue weighted by molar-refractivity contribution is 5.65. The molecule has 3 aromatic rings. The van der Waals surface area contributed by atoms with Gasteiger partial charge in [0, 0.05) is 5.41 Å². The first-order valence-electron chi connectivity index (χ1n) is 9.91. The van der Waals surface area contributed by atoms with Gasteiger partial charge in [-0.15, -0.1) is 0 Å². The van der Waals surface area contributed by atoms with Crippen LogP contribution >= 0.6 is 0 Å². The van der Waals surface area contributed by atoms with E-state index in [0.717, 1.165) is 12.0 Å². The van der Waals surface area contributed by atoms with Crippen molar-refractivity contribution in [3.05, 3.63) is 101 Å². The van der Waals surface area contributed by atoms with E-state index in [1.165, 1.54) is 29.4 Å². The number of hydrogen-bond donors (Lipinski definition) is 0. The second-order valence-electron chi connectivity index (χ2n) is 8.41. The lowest BCUT2D eigenvalue weighted by Crippen LogP contribution is -2.29. The van der Waals surface area contributed by atoms with Gasteiger partial charge in [0.1, 0.15) is 5.75 Å². The van der Waals surface area contributed by atoms with E-state index < -0.39 is 6.16 Å². The van der Waals surface area contributed by atoms with Crippen molar-refractivity contribution in [2.45, 2.75) is 38.0 Å². The predicted molar refractivity (Wildman–Crippen MR) is 115 cm³/mol. The molecular weight excluding hydrogens is 360 g/mol. The predicted octanol–water partition coefficient (Wildman–Crippen LogP) is 6.16. The number of fused-ring (bicyclic) bond motifs is 1. The highest BCUT2D eigenvalue weighted by Crippen LogP contribution is 2.56. The van der Waals surface area contributed by atoms with E-state index in [1.807, 2.05) is 13.0 Å². The molecule has 1 unspecified atom stereocenters. The molecule has 0 spiro atoms. The summed E-state index contributed by atoms with van der Waals surface area (Å²) in [7, 11) is 1.31. The topological polar surface area (TPSA) is 35.5 Å². The van der Waals surface area contributed by atoms with Gasteiger partial charge in [-0.05, 0) is 52.6 Å². The van der Waals surface area contributed by atoms with Gasteiger partial charge in [0.2, 0.25) is 0 Å². The SMILES string of the molecule is COC(=O)Oc1ccc(C2(c3ccccc3)CC(C)(C)c3ccccc32)cc1C. The molecule has 0 aliphatic heterocycles. The monoisotopic (exact) mass is 386 g/mol. The maximum Gasteiger partial charge on any atom is 0.513 e. The van der Waals surface area contributed by atoms with E-state index in [1.54, 1.807) is 0 Å². The summed E-state index contributed by atoms with van der Waals surface area (Å²) >= 11 is 0. The molecule has 0 aromatic heterocycles. The highest BCUT2D eigenvalue weighted by Gasteiger charge is 2.49. The van der Waals surface area contributed by atoms with Crippen molar-refractivity contribution in [1.82, 2.24) is 0 Å². The number of hydrogen-bond acceptors (Lipinski definition) is 3. The Morgan fingerprint density at radius 2 is 1.52 bits per heavy atom. The van der Waals surface area contributed by atoms with Crippen LogP contribution in [-0.2, 0) is 15.6 Å². The van der Waals surface area contributed by atoms with Gasteiger partial charge in [0.25, 0.3) is 0 Å². The van der Waals surface area contributed by atoms with Crippen LogP contribution in [-0.4, -0.2) is 13.3 Å². The van der Waals surface area contributed by atoms with Crippen molar-refractivity contribution in [2.24, 2.45) is 0 Å². The average molecular weight is 386 g/mol. The first kappa shape index (κ1) is 19.3. The highest BCUT2D eigenvalue weighted by atomic mass is 16.7. The van der Waals surface area contributed by atoms with E-state index in [9.17, 15) is 4.79 Å². The van der Waals surface area contributed by atoms with Crippen LogP contribution in [0.1, 0.15) is 48.1 Å². The molecule has 148 valence electrons. The van der Waals surface area contributed by atoms with E-state index in [4.69, 9.17) is 4.74 Å². The Bertz CT molecular complexity index is 1050. The Hall–Kier alpha value is -3.07. The lowest BCUT2D eigenvalue weighted by Gasteiger charge is -2.34. The molecule has 3 nitrogen and oxygen atoms in total. The Kier molecular flexibility index (Phi) is 4.70. The Balaban J connectivity index is 1.93. The molecule has 4 rings (SSSR count). The summed E-state index contributed by atoms with van der Waals surface area (Å²) in [5.74, 6) is 0.523. The fourth-order valence-electron chi connectivity index (χ4n) is 4.86. The number of benzene rings is 3. The molecule has 0 radical (unpaired) electrons. The van der Waals surface area contributed by atoms with Crippen LogP contribution in [0.15, 0.2) is 72.8 Å². The number of methoxy groups -OCH3 is 1. The molecule has 29 heavy (non-hydrogen) atoms. The molecular formula is C26H26O3. The van der Waals surface area contributed by atoms with Gasteiger partial charge in [-0.25, -0.2) is 4.79 Å². The van der Waals surface area contributed by atoms with Crippen LogP contribution in [0, 0.1) is 6.92 Å². The van der Waals surface area contributed by atoms with Crippen molar-refractivity contribution in [2.75, 3.05) is 7.11 Å². The molecule has 0 heterocycles. The molecule has 0 saturated heterocycles. The second-order valence-corrected chi connectivity index (χ2v) is 8.41. The lowest BCUT2D eigenvalue weighted by atomic mass is 9.68. The van der Waals surface area contributed by atoms with Gasteiger partial charge in [-0.2, -0.15) is 0 Å². The van der Waals surface area contributed by atoms with E-state index in [-0.39, 0.29) is 10.8 Å². The lowest BCUT2D eigenvalue weighted by molar-refractivity contribution is 0.121. The zero-order valence-corrected chi connectivity index (χ0v) is 17.4. The Morgan fingerprint density at radius 1 is 0.862 bits per heavy atom. The minimum Gasteiger partial charge on any atom is -0.437 e. The van der Waals surface area contributed by atoms with Gasteiger partial charge >= 0.3 is 6.16 Å². The van der Waals surface area contributed by atoms with Crippen molar-refractivity contribution in [1.29, 1.82) is 0 Å². The van der Waals surface area contributed by atoms with Crippen LogP contribution in [0.5, 0.6) is 5.75 Å². The van der Waals surface area contributed by atoms with Gasteiger partial charge in [0.05, 0.1) is 7.11 Å². The number of carbonyl (C=O) groups is 1. The molecule has 0 fully saturated rings. The van der Waals surface area contributed by atoms with Crippen LogP contribution in [0.2, 0.25) is 0 Å². The molecule has 3 heteroatoms. The Morgan fingerprint density at radius 3 is 2.17 bits per heavy atom. The van der Waals surface area contributed by atoms with E-state index in [0.29, 0.717) is 5.75 Å². The first-order valence-corrected chi connectivity index (χ1v) is 9.91. The fraction of sp³-hybridized carbons (Fsp3) is 0.269. The number of ether oxygens (including phenoxy) is 2. The summed E-state index contributed by atoms with van der Waals surface area (Å²) in [5, 5.41) is 0. The number of carbonyl (C=O) groups excluding carboxylic acids is 1. The maximum absolute atomic E-state index is 11.6. The summed E-state index contributed by atoms with van der Waals surface area (Å²) in [6.45, 7) is 6.60. The first-order chi connectivity index (χ1) is 13.9. The normalized spacial score (nSPS) is 19.4. The average Bonchev–Trinajstić information content (AvgIpc) is 2.98. The zero-order chi connectivity index (χ0) is 20.6. The van der Waals surface area contributed by atoms with Crippen molar-refractivity contribution in [3.8, 4) is 5.75 Å². The Labute approximate surface area is 172 Å². The van der Waals surface area contributed by atoms with Crippen molar-refractivity contribution >= 4 is 6.16 Å². The largest absolute Gasteiger partial charge is 0.513 e. The smallest absolute Gasteiger partial charge is 0.437 e.